The van der Waals surface area contributed by atoms with Gasteiger partial charge < -0.3 is 10.1 Å². The van der Waals surface area contributed by atoms with Crippen LogP contribution in [0.4, 0.5) is 4.39 Å². The molecule has 2 nitrogen and oxygen atoms in total. The summed E-state index contributed by atoms with van der Waals surface area (Å²) in [5.41, 5.74) is 0. The number of hydrogen-bond acceptors (Lipinski definition) is 3. The van der Waals surface area contributed by atoms with Gasteiger partial charge in [0.1, 0.15) is 5.82 Å². The molecule has 0 aromatic heterocycles. The maximum absolute atomic E-state index is 13.4. The van der Waals surface area contributed by atoms with Gasteiger partial charge in [-0.3, -0.25) is 0 Å². The van der Waals surface area contributed by atoms with E-state index < -0.39 is 0 Å². The molecule has 106 valence electrons. The Morgan fingerprint density at radius 2 is 2.11 bits per heavy atom. The van der Waals surface area contributed by atoms with E-state index in [1.54, 1.807) is 17.8 Å². The maximum Gasteiger partial charge on any atom is 0.136 e. The Bertz CT molecular complexity index is 382. The van der Waals surface area contributed by atoms with Gasteiger partial charge in [0.25, 0.3) is 0 Å². The van der Waals surface area contributed by atoms with Gasteiger partial charge in [0.15, 0.2) is 0 Å². The zero-order chi connectivity index (χ0) is 13.5. The van der Waals surface area contributed by atoms with Gasteiger partial charge in [-0.05, 0) is 37.8 Å². The first-order chi connectivity index (χ1) is 9.27. The average Bonchev–Trinajstić information content (AvgIpc) is 2.46. The van der Waals surface area contributed by atoms with Gasteiger partial charge in [-0.1, -0.05) is 12.1 Å². The molecule has 0 saturated carbocycles. The minimum Gasteiger partial charge on any atom is -0.381 e. The molecule has 0 spiro atoms. The molecule has 19 heavy (non-hydrogen) atoms. The Morgan fingerprint density at radius 1 is 1.37 bits per heavy atom. The van der Waals surface area contributed by atoms with E-state index in [4.69, 9.17) is 4.74 Å². The van der Waals surface area contributed by atoms with Crippen molar-refractivity contribution in [3.8, 4) is 0 Å². The molecule has 0 radical (unpaired) electrons. The van der Waals surface area contributed by atoms with E-state index in [1.807, 2.05) is 12.1 Å². The smallest absolute Gasteiger partial charge is 0.136 e. The topological polar surface area (TPSA) is 21.3 Å². The fraction of sp³-hybridized carbons (Fsp3) is 0.600. The van der Waals surface area contributed by atoms with Crippen LogP contribution < -0.4 is 5.32 Å². The number of ether oxygens (including phenoxy) is 1. The molecule has 1 aromatic rings. The predicted octanol–water partition coefficient (Wildman–Crippen LogP) is 3.32. The Hall–Kier alpha value is -0.580. The summed E-state index contributed by atoms with van der Waals surface area (Å²) in [4.78, 5) is 0.739. The summed E-state index contributed by atoms with van der Waals surface area (Å²) in [5.74, 6) is 1.49. The summed E-state index contributed by atoms with van der Waals surface area (Å²) in [6, 6.07) is 7.47. The third kappa shape index (κ3) is 4.79. The summed E-state index contributed by atoms with van der Waals surface area (Å²) in [6.07, 6.45) is 2.29. The molecule has 1 atom stereocenters. The van der Waals surface area contributed by atoms with Crippen LogP contribution >= 0.6 is 11.8 Å². The summed E-state index contributed by atoms with van der Waals surface area (Å²) in [6.45, 7) is 4.93. The van der Waals surface area contributed by atoms with Gasteiger partial charge >= 0.3 is 0 Å². The van der Waals surface area contributed by atoms with Crippen LogP contribution in [0, 0.1) is 11.7 Å². The van der Waals surface area contributed by atoms with Crippen LogP contribution in [-0.4, -0.2) is 31.6 Å². The van der Waals surface area contributed by atoms with Crippen LogP contribution in [0.2, 0.25) is 0 Å². The second-order valence-electron chi connectivity index (χ2n) is 4.97. The standard InChI is InChI=1S/C15H22FNOS/c1-12(13-6-9-18-10-7-13)17-8-11-19-15-5-3-2-4-14(15)16/h2-5,12-13,17H,6-11H2,1H3/t12-/m1/s1. The fourth-order valence-electron chi connectivity index (χ4n) is 2.39. The van der Waals surface area contributed by atoms with Crippen molar-refractivity contribution in [2.45, 2.75) is 30.7 Å². The lowest BCUT2D eigenvalue weighted by molar-refractivity contribution is 0.0562. The van der Waals surface area contributed by atoms with Crippen LogP contribution in [0.5, 0.6) is 0 Å². The van der Waals surface area contributed by atoms with Crippen LogP contribution in [0.3, 0.4) is 0 Å². The van der Waals surface area contributed by atoms with Crippen molar-refractivity contribution in [2.24, 2.45) is 5.92 Å². The van der Waals surface area contributed by atoms with Crippen molar-refractivity contribution in [3.63, 3.8) is 0 Å². The molecule has 2 rings (SSSR count). The minimum atomic E-state index is -0.120. The van der Waals surface area contributed by atoms with Crippen molar-refractivity contribution < 1.29 is 9.13 Å². The molecule has 1 saturated heterocycles. The zero-order valence-electron chi connectivity index (χ0n) is 11.4. The van der Waals surface area contributed by atoms with Crippen molar-refractivity contribution in [1.82, 2.24) is 5.32 Å². The highest BCUT2D eigenvalue weighted by Gasteiger charge is 2.19. The lowest BCUT2D eigenvalue weighted by Crippen LogP contribution is -2.37. The Balaban J connectivity index is 1.65. The van der Waals surface area contributed by atoms with Crippen molar-refractivity contribution >= 4 is 11.8 Å². The summed E-state index contributed by atoms with van der Waals surface area (Å²) < 4.78 is 18.8. The van der Waals surface area contributed by atoms with E-state index in [2.05, 4.69) is 12.2 Å². The second kappa shape index (κ2) is 7.88. The van der Waals surface area contributed by atoms with Gasteiger partial charge in [0.05, 0.1) is 0 Å². The molecule has 0 amide bonds. The lowest BCUT2D eigenvalue weighted by Gasteiger charge is -2.28. The molecule has 1 aliphatic rings. The van der Waals surface area contributed by atoms with Crippen LogP contribution in [0.1, 0.15) is 19.8 Å². The van der Waals surface area contributed by atoms with E-state index in [0.29, 0.717) is 12.0 Å². The SMILES string of the molecule is C[C@@H](NCCSc1ccccc1F)C1CCOCC1. The van der Waals surface area contributed by atoms with Gasteiger partial charge in [0.2, 0.25) is 0 Å². The van der Waals surface area contributed by atoms with Gasteiger partial charge in [-0.25, -0.2) is 4.39 Å². The highest BCUT2D eigenvalue weighted by molar-refractivity contribution is 7.99. The maximum atomic E-state index is 13.4. The molecule has 1 aliphatic heterocycles. The predicted molar refractivity (Wildman–Crippen MR) is 78.1 cm³/mol. The van der Waals surface area contributed by atoms with E-state index >= 15 is 0 Å². The molecule has 1 aromatic carbocycles. The van der Waals surface area contributed by atoms with Crippen molar-refractivity contribution in [1.29, 1.82) is 0 Å². The summed E-state index contributed by atoms with van der Waals surface area (Å²) >= 11 is 1.57. The first-order valence-corrected chi connectivity index (χ1v) is 7.94. The molecule has 1 N–H and O–H groups in total. The van der Waals surface area contributed by atoms with Crippen LogP contribution in [0.15, 0.2) is 29.2 Å². The summed E-state index contributed by atoms with van der Waals surface area (Å²) in [5, 5.41) is 3.54. The number of nitrogens with one attached hydrogen (secondary N) is 1. The number of benzene rings is 1. The van der Waals surface area contributed by atoms with Crippen LogP contribution in [-0.2, 0) is 4.74 Å². The molecule has 4 heteroatoms. The fourth-order valence-corrected chi connectivity index (χ4v) is 3.21. The molecule has 0 unspecified atom stereocenters. The van der Waals surface area contributed by atoms with E-state index in [1.165, 1.54) is 6.07 Å². The van der Waals surface area contributed by atoms with Crippen molar-refractivity contribution in [3.05, 3.63) is 30.1 Å². The molecular formula is C15H22FNOS. The van der Waals surface area contributed by atoms with Gasteiger partial charge in [0, 0.05) is 36.4 Å². The Morgan fingerprint density at radius 3 is 2.84 bits per heavy atom. The largest absolute Gasteiger partial charge is 0.381 e. The molecule has 1 heterocycles. The Kier molecular flexibility index (Phi) is 6.14. The normalized spacial score (nSPS) is 18.4. The first kappa shape index (κ1) is 14.8. The van der Waals surface area contributed by atoms with Crippen LogP contribution in [0.25, 0.3) is 0 Å². The summed E-state index contributed by atoms with van der Waals surface area (Å²) in [7, 11) is 0. The molecule has 1 fully saturated rings. The number of halogens is 1. The van der Waals surface area contributed by atoms with Crippen molar-refractivity contribution in [2.75, 3.05) is 25.5 Å². The van der Waals surface area contributed by atoms with E-state index in [-0.39, 0.29) is 5.82 Å². The minimum absolute atomic E-state index is 0.120. The number of rotatable bonds is 6. The first-order valence-electron chi connectivity index (χ1n) is 6.96. The van der Waals surface area contributed by atoms with E-state index in [0.717, 1.165) is 43.2 Å². The molecule has 0 aliphatic carbocycles. The molecule has 0 bridgehead atoms. The zero-order valence-corrected chi connectivity index (χ0v) is 12.2. The highest BCUT2D eigenvalue weighted by atomic mass is 32.2. The second-order valence-corrected chi connectivity index (χ2v) is 6.11. The van der Waals surface area contributed by atoms with E-state index in [9.17, 15) is 4.39 Å². The molecular weight excluding hydrogens is 261 g/mol. The lowest BCUT2D eigenvalue weighted by atomic mass is 9.93. The quantitative estimate of drug-likeness (QED) is 0.639. The third-order valence-electron chi connectivity index (χ3n) is 3.64. The Labute approximate surface area is 119 Å². The number of thioether (sulfide) groups is 1. The third-order valence-corrected chi connectivity index (χ3v) is 4.69. The van der Waals surface area contributed by atoms with Gasteiger partial charge in [-0.15, -0.1) is 11.8 Å². The van der Waals surface area contributed by atoms with Gasteiger partial charge in [-0.2, -0.15) is 0 Å². The monoisotopic (exact) mass is 283 g/mol. The average molecular weight is 283 g/mol. The highest BCUT2D eigenvalue weighted by Crippen LogP contribution is 2.21. The number of hydrogen-bond donors (Lipinski definition) is 1.